The molecular formula is C19H17FN4O3. The minimum atomic E-state index is -0.614. The summed E-state index contributed by atoms with van der Waals surface area (Å²) in [6.45, 7) is 0.476. The molecule has 1 atom stereocenters. The average molecular weight is 368 g/mol. The van der Waals surface area contributed by atoms with Crippen LogP contribution in [0.25, 0.3) is 5.69 Å². The maximum absolute atomic E-state index is 14.3. The van der Waals surface area contributed by atoms with Gasteiger partial charge in [0.2, 0.25) is 5.91 Å². The summed E-state index contributed by atoms with van der Waals surface area (Å²) >= 11 is 0. The van der Waals surface area contributed by atoms with Gasteiger partial charge in [-0.15, -0.1) is 0 Å². The summed E-state index contributed by atoms with van der Waals surface area (Å²) < 4.78 is 20.9. The Morgan fingerprint density at radius 3 is 2.85 bits per heavy atom. The number of nitrogens with zero attached hydrogens (tertiary/aromatic N) is 3. The predicted molar refractivity (Wildman–Crippen MR) is 94.9 cm³/mol. The molecule has 3 aromatic rings. The number of hydrogen-bond donors (Lipinski definition) is 1. The SMILES string of the molecule is O=C(Nc1ccc(-n2cccn2)c(F)c1)C1CCCN1C(=O)c1ccco1. The molecular weight excluding hydrogens is 351 g/mol. The van der Waals surface area contributed by atoms with Crippen LogP contribution in [0.4, 0.5) is 10.1 Å². The number of carbonyl (C=O) groups excluding carboxylic acids is 2. The van der Waals surface area contributed by atoms with Crippen LogP contribution in [0.5, 0.6) is 0 Å². The van der Waals surface area contributed by atoms with E-state index in [1.807, 2.05) is 0 Å². The zero-order valence-electron chi connectivity index (χ0n) is 14.3. The van der Waals surface area contributed by atoms with Gasteiger partial charge in [0.25, 0.3) is 5.91 Å². The smallest absolute Gasteiger partial charge is 0.290 e. The second-order valence-corrected chi connectivity index (χ2v) is 6.24. The molecule has 1 aromatic carbocycles. The van der Waals surface area contributed by atoms with E-state index in [1.54, 1.807) is 42.7 Å². The lowest BCUT2D eigenvalue weighted by Gasteiger charge is -2.23. The summed E-state index contributed by atoms with van der Waals surface area (Å²) in [5.41, 5.74) is 0.610. The number of rotatable bonds is 4. The fraction of sp³-hybridized carbons (Fsp3) is 0.211. The topological polar surface area (TPSA) is 80.4 Å². The van der Waals surface area contributed by atoms with Gasteiger partial charge < -0.3 is 14.6 Å². The maximum atomic E-state index is 14.3. The third-order valence-corrected chi connectivity index (χ3v) is 4.51. The van der Waals surface area contributed by atoms with E-state index >= 15 is 0 Å². The largest absolute Gasteiger partial charge is 0.459 e. The number of carbonyl (C=O) groups is 2. The second-order valence-electron chi connectivity index (χ2n) is 6.24. The highest BCUT2D eigenvalue weighted by Gasteiger charge is 2.35. The summed E-state index contributed by atoms with van der Waals surface area (Å²) in [6, 6.07) is 8.66. The summed E-state index contributed by atoms with van der Waals surface area (Å²) in [7, 11) is 0. The van der Waals surface area contributed by atoms with Crippen LogP contribution in [0.2, 0.25) is 0 Å². The summed E-state index contributed by atoms with van der Waals surface area (Å²) in [4.78, 5) is 26.6. The predicted octanol–water partition coefficient (Wildman–Crippen LogP) is 2.85. The van der Waals surface area contributed by atoms with Gasteiger partial charge >= 0.3 is 0 Å². The number of anilines is 1. The number of benzene rings is 1. The van der Waals surface area contributed by atoms with Gasteiger partial charge in [-0.2, -0.15) is 5.10 Å². The first kappa shape index (κ1) is 17.0. The van der Waals surface area contributed by atoms with Gasteiger partial charge in [-0.25, -0.2) is 9.07 Å². The maximum Gasteiger partial charge on any atom is 0.290 e. The van der Waals surface area contributed by atoms with Crippen LogP contribution in [-0.2, 0) is 4.79 Å². The highest BCUT2D eigenvalue weighted by molar-refractivity contribution is 6.00. The Kier molecular flexibility index (Phi) is 4.45. The summed E-state index contributed by atoms with van der Waals surface area (Å²) in [5.74, 6) is -0.979. The lowest BCUT2D eigenvalue weighted by atomic mass is 10.2. The Morgan fingerprint density at radius 2 is 2.15 bits per heavy atom. The van der Waals surface area contributed by atoms with Gasteiger partial charge in [0.15, 0.2) is 11.6 Å². The zero-order chi connectivity index (χ0) is 18.8. The molecule has 2 aromatic heterocycles. The number of furan rings is 1. The molecule has 7 nitrogen and oxygen atoms in total. The molecule has 3 heterocycles. The average Bonchev–Trinajstić information content (AvgIpc) is 3.43. The number of aromatic nitrogens is 2. The van der Waals surface area contributed by atoms with Crippen molar-refractivity contribution in [1.82, 2.24) is 14.7 Å². The van der Waals surface area contributed by atoms with Crippen molar-refractivity contribution < 1.29 is 18.4 Å². The first-order valence-electron chi connectivity index (χ1n) is 8.58. The molecule has 138 valence electrons. The standard InChI is InChI=1S/C19H17FN4O3/c20-14-12-13(6-7-15(14)24-10-3-8-21-24)22-18(25)16-4-1-9-23(16)19(26)17-5-2-11-27-17/h2-3,5-8,10-12,16H,1,4,9H2,(H,22,25). The van der Waals surface area contributed by atoms with Crippen molar-refractivity contribution in [3.8, 4) is 5.69 Å². The van der Waals surface area contributed by atoms with Gasteiger partial charge in [0.1, 0.15) is 11.7 Å². The quantitative estimate of drug-likeness (QED) is 0.768. The second kappa shape index (κ2) is 7.06. The highest BCUT2D eigenvalue weighted by atomic mass is 19.1. The monoisotopic (exact) mass is 368 g/mol. The van der Waals surface area contributed by atoms with E-state index in [-0.39, 0.29) is 23.3 Å². The lowest BCUT2D eigenvalue weighted by Crippen LogP contribution is -2.43. The normalized spacial score (nSPS) is 16.5. The summed E-state index contributed by atoms with van der Waals surface area (Å²) in [5, 5.41) is 6.69. The van der Waals surface area contributed by atoms with E-state index < -0.39 is 11.9 Å². The van der Waals surface area contributed by atoms with Gasteiger partial charge in [-0.3, -0.25) is 9.59 Å². The van der Waals surface area contributed by atoms with Crippen molar-refractivity contribution in [3.05, 3.63) is 66.6 Å². The van der Waals surface area contributed by atoms with Crippen LogP contribution >= 0.6 is 0 Å². The van der Waals surface area contributed by atoms with Crippen molar-refractivity contribution in [1.29, 1.82) is 0 Å². The molecule has 1 unspecified atom stereocenters. The van der Waals surface area contributed by atoms with Gasteiger partial charge in [0.05, 0.1) is 6.26 Å². The van der Waals surface area contributed by atoms with E-state index in [1.165, 1.54) is 21.9 Å². The molecule has 0 spiro atoms. The van der Waals surface area contributed by atoms with Gasteiger partial charge in [0, 0.05) is 24.6 Å². The molecule has 27 heavy (non-hydrogen) atoms. The molecule has 0 saturated carbocycles. The Labute approximate surface area is 154 Å². The first-order valence-corrected chi connectivity index (χ1v) is 8.58. The molecule has 2 amide bonds. The fourth-order valence-corrected chi connectivity index (χ4v) is 3.23. The van der Waals surface area contributed by atoms with Crippen LogP contribution in [0, 0.1) is 5.82 Å². The Bertz CT molecular complexity index is 954. The van der Waals surface area contributed by atoms with E-state index in [2.05, 4.69) is 10.4 Å². The van der Waals surface area contributed by atoms with Crippen LogP contribution in [-0.4, -0.2) is 39.1 Å². The number of halogens is 1. The number of likely N-dealkylation sites (tertiary alicyclic amines) is 1. The molecule has 4 rings (SSSR count). The zero-order valence-corrected chi connectivity index (χ0v) is 14.3. The van der Waals surface area contributed by atoms with E-state index in [4.69, 9.17) is 4.42 Å². The van der Waals surface area contributed by atoms with Crippen LogP contribution in [0.1, 0.15) is 23.4 Å². The number of hydrogen-bond acceptors (Lipinski definition) is 4. The molecule has 1 fully saturated rings. The lowest BCUT2D eigenvalue weighted by molar-refractivity contribution is -0.119. The molecule has 0 radical (unpaired) electrons. The highest BCUT2D eigenvalue weighted by Crippen LogP contribution is 2.23. The van der Waals surface area contributed by atoms with E-state index in [9.17, 15) is 14.0 Å². The molecule has 0 bridgehead atoms. The Balaban J connectivity index is 1.48. The first-order chi connectivity index (χ1) is 13.1. The molecule has 8 heteroatoms. The number of amides is 2. The molecule has 1 N–H and O–H groups in total. The van der Waals surface area contributed by atoms with Gasteiger partial charge in [-0.05, 0) is 49.2 Å². The van der Waals surface area contributed by atoms with Crippen molar-refractivity contribution in [2.45, 2.75) is 18.9 Å². The minimum Gasteiger partial charge on any atom is -0.459 e. The van der Waals surface area contributed by atoms with Crippen molar-refractivity contribution >= 4 is 17.5 Å². The Morgan fingerprint density at radius 1 is 1.26 bits per heavy atom. The van der Waals surface area contributed by atoms with Crippen LogP contribution in [0.15, 0.2) is 59.5 Å². The third kappa shape index (κ3) is 3.33. The molecule has 1 saturated heterocycles. The number of nitrogens with one attached hydrogen (secondary N) is 1. The third-order valence-electron chi connectivity index (χ3n) is 4.51. The molecule has 1 aliphatic rings. The van der Waals surface area contributed by atoms with Gasteiger partial charge in [-0.1, -0.05) is 0 Å². The van der Waals surface area contributed by atoms with Crippen molar-refractivity contribution in [3.63, 3.8) is 0 Å². The van der Waals surface area contributed by atoms with Crippen LogP contribution < -0.4 is 5.32 Å². The fourth-order valence-electron chi connectivity index (χ4n) is 3.23. The Hall–Kier alpha value is -3.42. The minimum absolute atomic E-state index is 0.198. The van der Waals surface area contributed by atoms with E-state index in [0.717, 1.165) is 6.42 Å². The van der Waals surface area contributed by atoms with Crippen molar-refractivity contribution in [2.24, 2.45) is 0 Å². The van der Waals surface area contributed by atoms with Crippen LogP contribution in [0.3, 0.4) is 0 Å². The van der Waals surface area contributed by atoms with E-state index in [0.29, 0.717) is 18.7 Å². The van der Waals surface area contributed by atoms with Crippen molar-refractivity contribution in [2.75, 3.05) is 11.9 Å². The molecule has 0 aliphatic carbocycles. The molecule has 1 aliphatic heterocycles. The summed E-state index contributed by atoms with van der Waals surface area (Å²) in [6.07, 6.45) is 5.87.